The maximum absolute atomic E-state index is 12.5. The van der Waals surface area contributed by atoms with Crippen molar-refractivity contribution in [1.82, 2.24) is 14.7 Å². The number of non-ortho nitro benzene ring substituents is 1. The number of hydrogen-bond acceptors (Lipinski definition) is 18. The molecule has 0 bridgehead atoms. The summed E-state index contributed by atoms with van der Waals surface area (Å²) in [5.74, 6) is 1.81. The number of likely N-dealkylation sites (N-methyl/N-ethyl adjacent to an activating group) is 1. The summed E-state index contributed by atoms with van der Waals surface area (Å²) in [6.45, 7) is 32.1. The highest BCUT2D eigenvalue weighted by molar-refractivity contribution is 5.69. The molecule has 0 radical (unpaired) electrons. The average molecular weight is 1490 g/mol. The van der Waals surface area contributed by atoms with E-state index in [4.69, 9.17) is 38.6 Å². The Balaban J connectivity index is 0. The van der Waals surface area contributed by atoms with E-state index in [1.165, 1.54) is 140 Å². The van der Waals surface area contributed by atoms with Crippen LogP contribution in [0.25, 0.3) is 0 Å². The van der Waals surface area contributed by atoms with Gasteiger partial charge in [-0.05, 0) is 165 Å². The van der Waals surface area contributed by atoms with Gasteiger partial charge >= 0.3 is 24.2 Å². The molecule has 0 fully saturated rings. The SMILES string of the molecule is CCCCCCC(CCCC)COC(=O)CCCCCCCCC(CCCCCC)OC(=O)OCCN(CCO)CCN(CC)CC.CCCCCCC(CCCCCCCCC(=O)OCCC(CCCCC)CCCCC)OC(=O)Oc1ccc([N+](=O)[O-])cc1.CCN(CC)CCC(CCO)CCO. The number of nitrogens with zero attached hydrogens (tertiary/aromatic N) is 4. The van der Waals surface area contributed by atoms with Gasteiger partial charge in [-0.3, -0.25) is 24.6 Å². The molecule has 1 aromatic carbocycles. The van der Waals surface area contributed by atoms with Crippen molar-refractivity contribution in [2.45, 2.75) is 377 Å². The van der Waals surface area contributed by atoms with Crippen LogP contribution in [-0.4, -0.2) is 170 Å². The maximum atomic E-state index is 12.5. The van der Waals surface area contributed by atoms with Crippen molar-refractivity contribution in [1.29, 1.82) is 0 Å². The lowest BCUT2D eigenvalue weighted by molar-refractivity contribution is -0.384. The standard InChI is InChI=1S/C39H78N2O6.C36H61NO7.C11H25NO2/c1-6-11-14-20-25-36(24-13-8-3)35-46-38(43)28-23-19-17-16-18-22-27-37(26-21-15-12-7-2)47-39(44)45-34-32-41(31-33-42)30-29-40(9-4)10-5;1-4-7-10-17-22-33(43-36(39)44-34-27-25-32(26-28-34)37(40)41)23-18-13-11-12-14-19-24-35(38)42-30-29-31(20-15-8-5-2)21-16-9-6-3;1-3-12(4-2)8-5-11(6-9-13)7-10-14/h36-37,42H,6-35H2,1-5H3;25-28,31,33H,4-24,29-30H2,1-3H3;11,13-14H,3-10H2,1-2H3. The lowest BCUT2D eigenvalue weighted by Crippen LogP contribution is -2.38. The zero-order valence-corrected chi connectivity index (χ0v) is 69.4. The molecule has 0 aliphatic carbocycles. The third-order valence-corrected chi connectivity index (χ3v) is 20.5. The Labute approximate surface area is 642 Å². The fourth-order valence-corrected chi connectivity index (χ4v) is 13.3. The highest BCUT2D eigenvalue weighted by Gasteiger charge is 2.20. The summed E-state index contributed by atoms with van der Waals surface area (Å²) in [6.07, 6.45) is 47.9. The Hall–Kier alpha value is -4.14. The number of aliphatic hydroxyl groups is 3. The molecule has 1 rings (SSSR count). The normalized spacial score (nSPS) is 12.2. The highest BCUT2D eigenvalue weighted by Crippen LogP contribution is 2.25. The summed E-state index contributed by atoms with van der Waals surface area (Å²) in [4.78, 5) is 66.7. The van der Waals surface area contributed by atoms with Crippen molar-refractivity contribution in [3.8, 4) is 5.75 Å². The summed E-state index contributed by atoms with van der Waals surface area (Å²) in [7, 11) is 0. The van der Waals surface area contributed by atoms with E-state index in [9.17, 15) is 34.4 Å². The van der Waals surface area contributed by atoms with Crippen molar-refractivity contribution >= 4 is 29.9 Å². The number of benzene rings is 1. The van der Waals surface area contributed by atoms with Gasteiger partial charge in [0.1, 0.15) is 24.6 Å². The Bertz CT molecular complexity index is 2050. The molecule has 0 saturated carbocycles. The van der Waals surface area contributed by atoms with Gasteiger partial charge in [0.05, 0.1) is 24.7 Å². The Morgan fingerprint density at radius 1 is 0.362 bits per heavy atom. The summed E-state index contributed by atoms with van der Waals surface area (Å²) in [5, 5.41) is 38.0. The first-order chi connectivity index (χ1) is 51.1. The van der Waals surface area contributed by atoms with Crippen molar-refractivity contribution in [3.63, 3.8) is 0 Å². The Morgan fingerprint density at radius 3 is 1.20 bits per heavy atom. The van der Waals surface area contributed by atoms with Gasteiger partial charge < -0.3 is 53.5 Å². The third kappa shape index (κ3) is 66.6. The number of ether oxygens (including phenoxy) is 6. The van der Waals surface area contributed by atoms with Gasteiger partial charge in [0.2, 0.25) is 0 Å². The first kappa shape index (κ1) is 103. The minimum Gasteiger partial charge on any atom is -0.466 e. The van der Waals surface area contributed by atoms with Gasteiger partial charge in [0.15, 0.2) is 0 Å². The Kier molecular flexibility index (Phi) is 76.4. The van der Waals surface area contributed by atoms with Gasteiger partial charge in [0, 0.05) is 64.4 Å². The van der Waals surface area contributed by atoms with Crippen LogP contribution < -0.4 is 4.74 Å². The molecule has 0 amide bonds. The van der Waals surface area contributed by atoms with Crippen LogP contribution in [0, 0.1) is 27.9 Å². The van der Waals surface area contributed by atoms with Gasteiger partial charge in [-0.15, -0.1) is 0 Å². The molecular weight excluding hydrogens is 1330 g/mol. The van der Waals surface area contributed by atoms with Gasteiger partial charge in [0.25, 0.3) is 5.69 Å². The minimum absolute atomic E-state index is 0.0317. The molecule has 0 heterocycles. The predicted octanol–water partition coefficient (Wildman–Crippen LogP) is 21.9. The van der Waals surface area contributed by atoms with E-state index in [2.05, 4.69) is 83.9 Å². The number of nitro groups is 1. The van der Waals surface area contributed by atoms with Crippen molar-refractivity contribution < 1.29 is 67.8 Å². The van der Waals surface area contributed by atoms with Crippen LogP contribution in [0.4, 0.5) is 15.3 Å². The van der Waals surface area contributed by atoms with Crippen LogP contribution in [0.2, 0.25) is 0 Å². The molecule has 1 aromatic rings. The van der Waals surface area contributed by atoms with E-state index < -0.39 is 17.2 Å². The number of unbranched alkanes of at least 4 members (excludes halogenated alkanes) is 24. The molecule has 0 spiro atoms. The number of nitro benzene ring substituents is 1. The lowest BCUT2D eigenvalue weighted by Gasteiger charge is -2.25. The number of aliphatic hydroxyl groups excluding tert-OH is 3. The van der Waals surface area contributed by atoms with Crippen LogP contribution >= 0.6 is 0 Å². The lowest BCUT2D eigenvalue weighted by atomic mass is 9.92. The number of rotatable bonds is 72. The first-order valence-electron chi connectivity index (χ1n) is 43.4. The van der Waals surface area contributed by atoms with Crippen LogP contribution in [-0.2, 0) is 33.3 Å². The quantitative estimate of drug-likeness (QED) is 0.0137. The molecule has 0 aromatic heterocycles. The van der Waals surface area contributed by atoms with Crippen LogP contribution in [0.5, 0.6) is 5.75 Å². The van der Waals surface area contributed by atoms with E-state index in [0.717, 1.165) is 213 Å². The molecule has 0 saturated heterocycles. The second-order valence-corrected chi connectivity index (χ2v) is 29.4. The largest absolute Gasteiger partial charge is 0.514 e. The number of carbonyl (C=O) groups is 4. The number of esters is 2. The number of carbonyl (C=O) groups excluding carboxylic acids is 4. The molecule has 0 aliphatic heterocycles. The third-order valence-electron chi connectivity index (χ3n) is 20.5. The van der Waals surface area contributed by atoms with Crippen LogP contribution in [0.1, 0.15) is 365 Å². The second-order valence-electron chi connectivity index (χ2n) is 29.4. The van der Waals surface area contributed by atoms with E-state index in [1.807, 2.05) is 0 Å². The molecule has 19 heteroatoms. The monoisotopic (exact) mass is 1490 g/mol. The molecular formula is C86H164N4O15. The molecule has 3 atom stereocenters. The van der Waals surface area contributed by atoms with E-state index in [0.29, 0.717) is 56.9 Å². The van der Waals surface area contributed by atoms with Crippen LogP contribution in [0.3, 0.4) is 0 Å². The fraction of sp³-hybridized carbons (Fsp3) is 0.884. The predicted molar refractivity (Wildman–Crippen MR) is 432 cm³/mol. The number of hydrogen-bond donors (Lipinski definition) is 3. The van der Waals surface area contributed by atoms with Crippen molar-refractivity contribution in [2.75, 3.05) is 98.5 Å². The topological polar surface area (TPSA) is 237 Å². The molecule has 3 N–H and O–H groups in total. The zero-order valence-electron chi connectivity index (χ0n) is 69.4. The first-order valence-corrected chi connectivity index (χ1v) is 43.4. The van der Waals surface area contributed by atoms with E-state index >= 15 is 0 Å². The molecule has 3 unspecified atom stereocenters. The summed E-state index contributed by atoms with van der Waals surface area (Å²) < 4.78 is 33.4. The molecule has 19 nitrogen and oxygen atoms in total. The van der Waals surface area contributed by atoms with Gasteiger partial charge in [-0.25, -0.2) is 9.59 Å². The summed E-state index contributed by atoms with van der Waals surface area (Å²) in [6, 6.07) is 5.40. The second kappa shape index (κ2) is 78.0. The minimum atomic E-state index is -0.769. The van der Waals surface area contributed by atoms with E-state index in [-0.39, 0.29) is 62.0 Å². The summed E-state index contributed by atoms with van der Waals surface area (Å²) >= 11 is 0. The highest BCUT2D eigenvalue weighted by atomic mass is 16.7. The molecule has 105 heavy (non-hydrogen) atoms. The molecule has 618 valence electrons. The summed E-state index contributed by atoms with van der Waals surface area (Å²) in [5.41, 5.74) is -0.0610. The smallest absolute Gasteiger partial charge is 0.466 e. The van der Waals surface area contributed by atoms with E-state index in [1.54, 1.807) is 0 Å². The molecule has 0 aliphatic rings. The van der Waals surface area contributed by atoms with Gasteiger partial charge in [-0.1, -0.05) is 249 Å². The van der Waals surface area contributed by atoms with Crippen molar-refractivity contribution in [3.05, 3.63) is 34.4 Å². The zero-order chi connectivity index (χ0) is 77.9. The van der Waals surface area contributed by atoms with Crippen LogP contribution in [0.15, 0.2) is 24.3 Å². The van der Waals surface area contributed by atoms with Gasteiger partial charge in [-0.2, -0.15) is 0 Å². The fourth-order valence-electron chi connectivity index (χ4n) is 13.3. The maximum Gasteiger partial charge on any atom is 0.514 e. The average Bonchev–Trinajstić information content (AvgIpc) is 0.889. The van der Waals surface area contributed by atoms with Crippen molar-refractivity contribution in [2.24, 2.45) is 17.8 Å². The Morgan fingerprint density at radius 2 is 0.743 bits per heavy atom.